The van der Waals surface area contributed by atoms with Crippen molar-refractivity contribution in [3.63, 3.8) is 0 Å². The maximum Gasteiger partial charge on any atom is 0.313 e. The molecular formula is C35H30N2O7S2. The van der Waals surface area contributed by atoms with Gasteiger partial charge in [0, 0.05) is 12.8 Å². The second-order valence-corrected chi connectivity index (χ2v) is 14.9. The van der Waals surface area contributed by atoms with Crippen LogP contribution in [0.25, 0.3) is 0 Å². The molecule has 2 bridgehead atoms. The fourth-order valence-corrected chi connectivity index (χ4v) is 11.1. The third-order valence-electron chi connectivity index (χ3n) is 9.57. The Morgan fingerprint density at radius 2 is 1.48 bits per heavy atom. The van der Waals surface area contributed by atoms with Crippen molar-refractivity contribution in [2.24, 2.45) is 0 Å². The summed E-state index contributed by atoms with van der Waals surface area (Å²) in [5.74, 6) is -1.81. The highest BCUT2D eigenvalue weighted by Gasteiger charge is 2.77. The molecule has 11 heteroatoms. The number of nitrogens with zero attached hydrogens (tertiary/aromatic N) is 2. The van der Waals surface area contributed by atoms with Gasteiger partial charge in [0.1, 0.15) is 12.2 Å². The summed E-state index contributed by atoms with van der Waals surface area (Å²) in [6.45, 7) is 1.79. The molecule has 7 unspecified atom stereocenters. The van der Waals surface area contributed by atoms with Gasteiger partial charge in [-0.1, -0.05) is 94.4 Å². The number of piperazine rings is 1. The normalized spacial score (nSPS) is 32.3. The maximum atomic E-state index is 14.8. The fourth-order valence-electron chi connectivity index (χ4n) is 7.39. The molecule has 7 aliphatic rings. The molecule has 1 aliphatic carbocycles. The number of carbonyl (C=O) groups is 4. The molecule has 234 valence electrons. The molecule has 2 aromatic carbocycles. The van der Waals surface area contributed by atoms with Crippen LogP contribution in [-0.4, -0.2) is 67.6 Å². The summed E-state index contributed by atoms with van der Waals surface area (Å²) in [4.78, 5) is 56.8. The molecule has 2 amide bonds. The largest absolute Gasteiger partial charge is 0.473 e. The van der Waals surface area contributed by atoms with Crippen LogP contribution in [-0.2, 0) is 39.8 Å². The minimum atomic E-state index is -1.26. The molecule has 9 nitrogen and oxygen atoms in total. The second-order valence-electron chi connectivity index (χ2n) is 12.3. The number of esters is 2. The summed E-state index contributed by atoms with van der Waals surface area (Å²) in [6, 6.07) is 17.4. The van der Waals surface area contributed by atoms with Gasteiger partial charge >= 0.3 is 11.9 Å². The Morgan fingerprint density at radius 3 is 2.17 bits per heavy atom. The lowest BCUT2D eigenvalue weighted by molar-refractivity contribution is -0.172. The molecule has 0 aromatic heterocycles. The van der Waals surface area contributed by atoms with Gasteiger partial charge in [-0.3, -0.25) is 19.2 Å². The molecular weight excluding hydrogens is 625 g/mol. The van der Waals surface area contributed by atoms with E-state index in [-0.39, 0.29) is 24.7 Å². The van der Waals surface area contributed by atoms with Crippen LogP contribution in [0.1, 0.15) is 36.8 Å². The molecule has 5 fully saturated rings. The van der Waals surface area contributed by atoms with E-state index in [1.165, 1.54) is 27.8 Å². The number of allylic oxidation sites excluding steroid dienone is 2. The summed E-state index contributed by atoms with van der Waals surface area (Å²) in [6.07, 6.45) is 9.24. The molecule has 2 aromatic rings. The Labute approximate surface area is 273 Å². The molecule has 2 spiro atoms. The van der Waals surface area contributed by atoms with Gasteiger partial charge in [0.05, 0.1) is 36.9 Å². The minimum absolute atomic E-state index is 0.101. The van der Waals surface area contributed by atoms with E-state index in [0.717, 1.165) is 16.7 Å². The van der Waals surface area contributed by atoms with Crippen LogP contribution >= 0.6 is 21.6 Å². The molecule has 6 aliphatic heterocycles. The lowest BCUT2D eigenvalue weighted by atomic mass is 9.96. The molecule has 7 atom stereocenters. The summed E-state index contributed by atoms with van der Waals surface area (Å²) in [5.41, 5.74) is 3.22. The van der Waals surface area contributed by atoms with Crippen molar-refractivity contribution < 1.29 is 33.4 Å². The number of fused-ring (bicyclic) bond motifs is 3. The Kier molecular flexibility index (Phi) is 6.95. The van der Waals surface area contributed by atoms with E-state index >= 15 is 0 Å². The molecule has 46 heavy (non-hydrogen) atoms. The summed E-state index contributed by atoms with van der Waals surface area (Å²) in [5, 5.41) is 0. The Balaban J connectivity index is 1.09. The van der Waals surface area contributed by atoms with E-state index in [9.17, 15) is 19.2 Å². The number of hydrogen-bond acceptors (Lipinski definition) is 9. The number of rotatable bonds is 6. The third-order valence-corrected chi connectivity index (χ3v) is 13.1. The second kappa shape index (κ2) is 10.9. The van der Waals surface area contributed by atoms with Crippen LogP contribution in [0, 0.1) is 0 Å². The van der Waals surface area contributed by atoms with Crippen molar-refractivity contribution in [3.8, 4) is 0 Å². The zero-order chi connectivity index (χ0) is 31.6. The highest BCUT2D eigenvalue weighted by molar-refractivity contribution is 8.78. The smallest absolute Gasteiger partial charge is 0.313 e. The quantitative estimate of drug-likeness (QED) is 0.322. The van der Waals surface area contributed by atoms with Crippen molar-refractivity contribution in [3.05, 3.63) is 120 Å². The lowest BCUT2D eigenvalue weighted by Crippen LogP contribution is -2.77. The lowest BCUT2D eigenvalue weighted by Gasteiger charge is -2.58. The van der Waals surface area contributed by atoms with Gasteiger partial charge in [0.15, 0.2) is 9.74 Å². The van der Waals surface area contributed by atoms with Gasteiger partial charge in [-0.2, -0.15) is 0 Å². The molecule has 0 radical (unpaired) electrons. The van der Waals surface area contributed by atoms with E-state index in [1.807, 2.05) is 72.8 Å². The standard InChI is InChI=1S/C35H30N2O7S2/c1-21(23-11-6-3-7-12-23)31(39)44-27-15-16-42-20-25-19-35-33(41)36-29-24(18-34(36,45-46-35)32(40)37(35)30(25)27)13-8-14-26(29)43-28(38)17-22-9-4-2-5-10-22/h2-16,20-21,26-27,29-30H,17-19H2,1H3. The van der Waals surface area contributed by atoms with Crippen LogP contribution in [0.3, 0.4) is 0 Å². The summed E-state index contributed by atoms with van der Waals surface area (Å²) < 4.78 is 17.7. The Hall–Kier alpha value is -4.22. The molecule has 0 N–H and O–H groups in total. The predicted molar refractivity (Wildman–Crippen MR) is 171 cm³/mol. The summed E-state index contributed by atoms with van der Waals surface area (Å²) >= 11 is 0. The average molecular weight is 655 g/mol. The average Bonchev–Trinajstić information content (AvgIpc) is 3.53. The number of carbonyl (C=O) groups excluding carboxylic acids is 4. The zero-order valence-corrected chi connectivity index (χ0v) is 26.4. The van der Waals surface area contributed by atoms with Gasteiger partial charge in [0.2, 0.25) is 0 Å². The van der Waals surface area contributed by atoms with Crippen LogP contribution in [0.2, 0.25) is 0 Å². The number of hydrogen-bond donors (Lipinski definition) is 0. The van der Waals surface area contributed by atoms with Crippen LogP contribution in [0.4, 0.5) is 0 Å². The molecule has 9 rings (SSSR count). The predicted octanol–water partition coefficient (Wildman–Crippen LogP) is 4.78. The van der Waals surface area contributed by atoms with Crippen molar-refractivity contribution >= 4 is 45.3 Å². The van der Waals surface area contributed by atoms with E-state index in [4.69, 9.17) is 14.2 Å². The van der Waals surface area contributed by atoms with Gasteiger partial charge in [-0.05, 0) is 41.3 Å². The molecule has 0 saturated carbocycles. The number of ether oxygens (including phenoxy) is 3. The van der Waals surface area contributed by atoms with Crippen molar-refractivity contribution in [1.29, 1.82) is 0 Å². The van der Waals surface area contributed by atoms with Crippen molar-refractivity contribution in [1.82, 2.24) is 9.80 Å². The zero-order valence-electron chi connectivity index (χ0n) is 24.8. The van der Waals surface area contributed by atoms with E-state index in [1.54, 1.807) is 35.1 Å². The monoisotopic (exact) mass is 654 g/mol. The Bertz CT molecular complexity index is 1760. The minimum Gasteiger partial charge on any atom is -0.473 e. The van der Waals surface area contributed by atoms with Crippen LogP contribution in [0.15, 0.2) is 109 Å². The fraction of sp³-hybridized carbons (Fsp3) is 0.314. The highest BCUT2D eigenvalue weighted by Crippen LogP contribution is 2.69. The van der Waals surface area contributed by atoms with Gasteiger partial charge in [-0.25, -0.2) is 0 Å². The third kappa shape index (κ3) is 4.31. The van der Waals surface area contributed by atoms with Crippen molar-refractivity contribution in [2.45, 2.75) is 66.1 Å². The first-order valence-electron chi connectivity index (χ1n) is 15.2. The topological polar surface area (TPSA) is 102 Å². The first kappa shape index (κ1) is 29.2. The van der Waals surface area contributed by atoms with Gasteiger partial charge in [-0.15, -0.1) is 0 Å². The maximum absolute atomic E-state index is 14.8. The first-order chi connectivity index (χ1) is 22.3. The number of amides is 2. The number of benzene rings is 2. The SMILES string of the molecule is CC(C(=O)OC1C=COC=C2CC34SSC5(CC6=CC=CC(OC(=O)Cc7ccccc7)C6N5C3=O)C(=O)N4C21)c1ccccc1. The molecule has 5 saturated heterocycles. The van der Waals surface area contributed by atoms with Crippen LogP contribution < -0.4 is 0 Å². The van der Waals surface area contributed by atoms with Gasteiger partial charge < -0.3 is 24.0 Å². The van der Waals surface area contributed by atoms with E-state index < -0.39 is 51.9 Å². The summed E-state index contributed by atoms with van der Waals surface area (Å²) in [7, 11) is 2.78. The van der Waals surface area contributed by atoms with E-state index in [0.29, 0.717) is 12.0 Å². The highest BCUT2D eigenvalue weighted by atomic mass is 33.1. The molecule has 6 heterocycles. The van der Waals surface area contributed by atoms with Gasteiger partial charge in [0.25, 0.3) is 11.8 Å². The van der Waals surface area contributed by atoms with Crippen LogP contribution in [0.5, 0.6) is 0 Å². The van der Waals surface area contributed by atoms with E-state index in [2.05, 4.69) is 0 Å². The Morgan fingerprint density at radius 1 is 0.870 bits per heavy atom. The van der Waals surface area contributed by atoms with Crippen molar-refractivity contribution in [2.75, 3.05) is 0 Å². The first-order valence-corrected chi connectivity index (χ1v) is 17.4.